The summed E-state index contributed by atoms with van der Waals surface area (Å²) in [5, 5.41) is 0. The fourth-order valence-electron chi connectivity index (χ4n) is 0. The molecule has 0 aliphatic heterocycles. The Morgan fingerprint density at radius 3 is 0.667 bits per heavy atom. The Hall–Kier alpha value is 3.27. The summed E-state index contributed by atoms with van der Waals surface area (Å²) in [5.41, 5.74) is 0. The molecule has 0 fully saturated rings. The van der Waals surface area contributed by atoms with Gasteiger partial charge in [-0.25, -0.2) is 0 Å². The van der Waals surface area contributed by atoms with E-state index in [2.05, 4.69) is 13.8 Å². The molecule has 0 spiro atoms. The molecule has 0 nitrogen and oxygen atoms in total. The molecular weight excluding hydrogens is 126 g/mol. The summed E-state index contributed by atoms with van der Waals surface area (Å²) < 4.78 is 0. The Labute approximate surface area is 127 Å². The smallest absolute Gasteiger partial charge is 0.346 e. The maximum Gasteiger partial charge on any atom is 1.00 e. The van der Waals surface area contributed by atoms with Gasteiger partial charge in [0.1, 0.15) is 0 Å². The Morgan fingerprint density at radius 1 is 0.667 bits per heavy atom. The van der Waals surface area contributed by atoms with Crippen molar-refractivity contribution < 1.29 is 103 Å². The molecule has 0 aliphatic carbocycles. The van der Waals surface area contributed by atoms with Crippen molar-refractivity contribution >= 4 is 0 Å². The van der Waals surface area contributed by atoms with Crippen molar-refractivity contribution in [1.29, 1.82) is 0 Å². The molecule has 0 aromatic rings. The van der Waals surface area contributed by atoms with Crippen LogP contribution in [-0.2, 0) is 0 Å². The van der Waals surface area contributed by atoms with Crippen molar-refractivity contribution in [1.82, 2.24) is 0 Å². The van der Waals surface area contributed by atoms with Crippen LogP contribution in [0, 0.1) is 13.8 Å². The van der Waals surface area contributed by atoms with Gasteiger partial charge in [-0.05, 0) is 0 Å². The molecule has 0 heterocycles. The van der Waals surface area contributed by atoms with Gasteiger partial charge in [-0.2, -0.15) is 13.8 Å². The van der Waals surface area contributed by atoms with Gasteiger partial charge in [0, 0.05) is 0 Å². The van der Waals surface area contributed by atoms with E-state index in [0.29, 0.717) is 0 Å². The maximum atomic E-state index is 3.25. The first-order valence-corrected chi connectivity index (χ1v) is 1.41. The normalized spacial score (nSPS) is 2.00. The van der Waals surface area contributed by atoms with E-state index in [0.717, 1.165) is 0 Å². The minimum Gasteiger partial charge on any atom is -0.346 e. The third kappa shape index (κ3) is 26.7. The molecule has 0 radical (unpaired) electrons. The van der Waals surface area contributed by atoms with Crippen LogP contribution in [0.25, 0.3) is 0 Å². The van der Waals surface area contributed by atoms with Crippen LogP contribution in [0.2, 0.25) is 0 Å². The van der Waals surface area contributed by atoms with Gasteiger partial charge in [0.15, 0.2) is 0 Å². The average Bonchev–Trinajstić information content (AvgIpc) is 1.50. The minimum atomic E-state index is 0. The average molecular weight is 136 g/mol. The molecule has 0 aliphatic rings. The monoisotopic (exact) mass is 136 g/mol. The summed E-state index contributed by atoms with van der Waals surface area (Å²) in [6.45, 7) is 10.0. The summed E-state index contributed by atoms with van der Waals surface area (Å²) in [5.74, 6) is 0. The quantitative estimate of drug-likeness (QED) is 0.233. The van der Waals surface area contributed by atoms with Gasteiger partial charge in [-0.15, -0.1) is 0 Å². The van der Waals surface area contributed by atoms with Gasteiger partial charge in [-0.3, -0.25) is 0 Å². The zero-order chi connectivity index (χ0) is 4.00. The van der Waals surface area contributed by atoms with Crippen LogP contribution < -0.4 is 103 Å². The molecule has 0 aromatic carbocycles. The first kappa shape index (κ1) is 22.8. The summed E-state index contributed by atoms with van der Waals surface area (Å²) >= 11 is 0. The largest absolute Gasteiger partial charge is 1.00 e. The summed E-state index contributed by atoms with van der Waals surface area (Å²) in [6.07, 6.45) is 0. The maximum absolute atomic E-state index is 3.25. The Balaban J connectivity index is -0.00000000500. The first-order chi connectivity index (χ1) is 2.00. The predicted molar refractivity (Wildman–Crippen MR) is 22.1 cm³/mol. The Bertz CT molecular complexity index is 5.51. The SMILES string of the molecule is [CH2-]C.[CH2-]C.[K+].[K+]. The van der Waals surface area contributed by atoms with E-state index < -0.39 is 0 Å². The number of hydrogen-bond donors (Lipinski definition) is 0. The van der Waals surface area contributed by atoms with Gasteiger partial charge in [0.05, 0.1) is 0 Å². The third-order valence-corrected chi connectivity index (χ3v) is 0. The van der Waals surface area contributed by atoms with E-state index in [1.165, 1.54) is 0 Å². The molecular formula is C4H10K2. The predicted octanol–water partition coefficient (Wildman–Crippen LogP) is -4.31. The topological polar surface area (TPSA) is 0 Å². The van der Waals surface area contributed by atoms with Crippen LogP contribution in [0.3, 0.4) is 0 Å². The second-order valence-corrected chi connectivity index (χ2v) is 0. The molecule has 2 heteroatoms. The Kier molecular flexibility index (Phi) is 155. The van der Waals surface area contributed by atoms with Crippen LogP contribution >= 0.6 is 0 Å². The second kappa shape index (κ2) is 40.9. The second-order valence-electron chi connectivity index (χ2n) is 0. The molecule has 0 saturated carbocycles. The van der Waals surface area contributed by atoms with Crippen molar-refractivity contribution in [3.8, 4) is 0 Å². The zero-order valence-corrected chi connectivity index (χ0v) is 11.7. The van der Waals surface area contributed by atoms with Crippen molar-refractivity contribution in [2.75, 3.05) is 0 Å². The fourth-order valence-corrected chi connectivity index (χ4v) is 0. The van der Waals surface area contributed by atoms with Crippen molar-refractivity contribution in [3.63, 3.8) is 0 Å². The van der Waals surface area contributed by atoms with E-state index in [-0.39, 0.29) is 103 Å². The molecule has 0 atom stereocenters. The van der Waals surface area contributed by atoms with Gasteiger partial charge >= 0.3 is 103 Å². The first-order valence-electron chi connectivity index (χ1n) is 1.41. The van der Waals surface area contributed by atoms with Crippen molar-refractivity contribution in [2.24, 2.45) is 0 Å². The molecule has 6 heavy (non-hydrogen) atoms. The molecule has 0 N–H and O–H groups in total. The molecule has 0 unspecified atom stereocenters. The van der Waals surface area contributed by atoms with E-state index in [4.69, 9.17) is 0 Å². The molecule has 0 amide bonds. The summed E-state index contributed by atoms with van der Waals surface area (Å²) in [6, 6.07) is 0. The Morgan fingerprint density at radius 2 is 0.667 bits per heavy atom. The van der Waals surface area contributed by atoms with Crippen LogP contribution in [0.4, 0.5) is 0 Å². The van der Waals surface area contributed by atoms with E-state index >= 15 is 0 Å². The molecule has 28 valence electrons. The summed E-state index contributed by atoms with van der Waals surface area (Å²) in [4.78, 5) is 0. The molecule has 0 saturated heterocycles. The van der Waals surface area contributed by atoms with Crippen molar-refractivity contribution in [3.05, 3.63) is 13.8 Å². The standard InChI is InChI=1S/2C2H5.2K/c2*1-2;;/h2*1H2,2H3;;/q2*-1;2*+1. The number of hydrogen-bond acceptors (Lipinski definition) is 0. The van der Waals surface area contributed by atoms with Gasteiger partial charge in [0.25, 0.3) is 0 Å². The van der Waals surface area contributed by atoms with Crippen LogP contribution in [0.1, 0.15) is 13.8 Å². The van der Waals surface area contributed by atoms with Gasteiger partial charge < -0.3 is 13.8 Å². The van der Waals surface area contributed by atoms with Crippen LogP contribution in [0.15, 0.2) is 0 Å². The fraction of sp³-hybridized carbons (Fsp3) is 0.500. The van der Waals surface area contributed by atoms with Crippen LogP contribution in [0.5, 0.6) is 0 Å². The van der Waals surface area contributed by atoms with Gasteiger partial charge in [-0.1, -0.05) is 0 Å². The number of rotatable bonds is 0. The third-order valence-electron chi connectivity index (χ3n) is 0. The van der Waals surface area contributed by atoms with E-state index in [9.17, 15) is 0 Å². The van der Waals surface area contributed by atoms with E-state index in [1.807, 2.05) is 0 Å². The van der Waals surface area contributed by atoms with Crippen molar-refractivity contribution in [2.45, 2.75) is 13.8 Å². The summed E-state index contributed by atoms with van der Waals surface area (Å²) in [7, 11) is 0. The minimum absolute atomic E-state index is 0. The van der Waals surface area contributed by atoms with Gasteiger partial charge in [0.2, 0.25) is 0 Å². The zero-order valence-electron chi connectivity index (χ0n) is 5.41. The molecule has 0 rings (SSSR count). The van der Waals surface area contributed by atoms with E-state index in [1.54, 1.807) is 13.8 Å². The van der Waals surface area contributed by atoms with Crippen LogP contribution in [-0.4, -0.2) is 0 Å². The molecule has 0 aromatic heterocycles. The molecule has 0 bridgehead atoms.